The molecule has 0 spiro atoms. The lowest BCUT2D eigenvalue weighted by Gasteiger charge is -2.02. The average molecular weight is 442 g/mol. The zero-order chi connectivity index (χ0) is 15.8. The average Bonchev–Trinajstić information content (AvgIpc) is 2.51. The maximum atomic E-state index is 11.7. The number of benzene rings is 2. The molecular weight excluding hydrogens is 428 g/mol. The van der Waals surface area contributed by atoms with Crippen LogP contribution in [0.3, 0.4) is 0 Å². The van der Waals surface area contributed by atoms with E-state index in [1.54, 1.807) is 18.0 Å². The number of nitrogens with one attached hydrogen (secondary N) is 1. The van der Waals surface area contributed by atoms with Crippen LogP contribution in [-0.2, 0) is 10.5 Å². The fourth-order valence-electron chi connectivity index (χ4n) is 1.60. The first kappa shape index (κ1) is 17.2. The summed E-state index contributed by atoms with van der Waals surface area (Å²) in [5, 5.41) is 3.95. The van der Waals surface area contributed by atoms with Crippen LogP contribution in [0.5, 0.6) is 0 Å². The van der Waals surface area contributed by atoms with Crippen molar-refractivity contribution in [3.8, 4) is 0 Å². The van der Waals surface area contributed by atoms with E-state index in [0.717, 1.165) is 20.3 Å². The van der Waals surface area contributed by atoms with Crippen LogP contribution in [0.15, 0.2) is 62.6 Å². The fraction of sp³-hybridized carbons (Fsp3) is 0.125. The first-order chi connectivity index (χ1) is 10.6. The summed E-state index contributed by atoms with van der Waals surface area (Å²) in [6, 6.07) is 15.8. The van der Waals surface area contributed by atoms with Gasteiger partial charge in [-0.2, -0.15) is 5.10 Å². The van der Waals surface area contributed by atoms with Gasteiger partial charge in [0.1, 0.15) is 0 Å². The molecule has 0 unspecified atom stereocenters. The lowest BCUT2D eigenvalue weighted by molar-refractivity contribution is -0.118. The molecule has 6 heteroatoms. The van der Waals surface area contributed by atoms with Gasteiger partial charge in [-0.3, -0.25) is 4.79 Å². The Morgan fingerprint density at radius 2 is 1.64 bits per heavy atom. The molecule has 1 amide bonds. The summed E-state index contributed by atoms with van der Waals surface area (Å²) < 4.78 is 2.07. The first-order valence-corrected chi connectivity index (χ1v) is 9.27. The highest BCUT2D eigenvalue weighted by molar-refractivity contribution is 9.10. The number of hydrogen-bond acceptors (Lipinski definition) is 3. The highest BCUT2D eigenvalue weighted by Gasteiger charge is 2.00. The van der Waals surface area contributed by atoms with Crippen molar-refractivity contribution in [3.05, 3.63) is 68.6 Å². The monoisotopic (exact) mass is 440 g/mol. The third-order valence-corrected chi connectivity index (χ3v) is 4.75. The quantitative estimate of drug-likeness (QED) is 0.525. The summed E-state index contributed by atoms with van der Waals surface area (Å²) in [6.07, 6.45) is 1.63. The number of hydrazone groups is 1. The first-order valence-electron chi connectivity index (χ1n) is 6.53. The summed E-state index contributed by atoms with van der Waals surface area (Å²) in [7, 11) is 0. The minimum Gasteiger partial charge on any atom is -0.272 e. The Morgan fingerprint density at radius 1 is 1.05 bits per heavy atom. The van der Waals surface area contributed by atoms with Crippen molar-refractivity contribution in [2.75, 3.05) is 5.75 Å². The normalized spacial score (nSPS) is 10.8. The summed E-state index contributed by atoms with van der Waals surface area (Å²) >= 11 is 8.33. The minimum absolute atomic E-state index is 0.101. The highest BCUT2D eigenvalue weighted by atomic mass is 79.9. The second-order valence-corrected chi connectivity index (χ2v) is 7.28. The van der Waals surface area contributed by atoms with Crippen molar-refractivity contribution in [1.29, 1.82) is 0 Å². The zero-order valence-electron chi connectivity index (χ0n) is 11.6. The fourth-order valence-corrected chi connectivity index (χ4v) is 2.91. The molecule has 0 atom stereocenters. The molecule has 0 aliphatic carbocycles. The molecule has 0 aliphatic heterocycles. The minimum atomic E-state index is -0.101. The van der Waals surface area contributed by atoms with E-state index in [1.165, 1.54) is 5.56 Å². The Labute approximate surface area is 150 Å². The van der Waals surface area contributed by atoms with Gasteiger partial charge in [-0.1, -0.05) is 56.1 Å². The summed E-state index contributed by atoms with van der Waals surface area (Å²) in [4.78, 5) is 11.7. The maximum Gasteiger partial charge on any atom is 0.250 e. The molecular formula is C16H14Br2N2OS. The van der Waals surface area contributed by atoms with Crippen LogP contribution in [-0.4, -0.2) is 17.9 Å². The Morgan fingerprint density at radius 3 is 2.27 bits per heavy atom. The number of rotatable bonds is 6. The second kappa shape index (κ2) is 9.12. The molecule has 0 bridgehead atoms. The van der Waals surface area contributed by atoms with Crippen LogP contribution in [0.4, 0.5) is 0 Å². The molecule has 22 heavy (non-hydrogen) atoms. The number of amides is 1. The molecule has 0 aromatic heterocycles. The molecule has 2 aromatic rings. The van der Waals surface area contributed by atoms with E-state index in [9.17, 15) is 4.79 Å². The molecule has 1 N–H and O–H groups in total. The molecule has 114 valence electrons. The van der Waals surface area contributed by atoms with Crippen LogP contribution in [0.25, 0.3) is 0 Å². The molecule has 2 rings (SSSR count). The van der Waals surface area contributed by atoms with Crippen LogP contribution >= 0.6 is 43.6 Å². The number of nitrogens with zero attached hydrogens (tertiary/aromatic N) is 1. The number of hydrogen-bond donors (Lipinski definition) is 1. The Kier molecular flexibility index (Phi) is 7.15. The topological polar surface area (TPSA) is 41.5 Å². The van der Waals surface area contributed by atoms with Gasteiger partial charge >= 0.3 is 0 Å². The van der Waals surface area contributed by atoms with Crippen molar-refractivity contribution in [2.45, 2.75) is 5.75 Å². The molecule has 3 nitrogen and oxygen atoms in total. The van der Waals surface area contributed by atoms with Crippen LogP contribution in [0, 0.1) is 0 Å². The van der Waals surface area contributed by atoms with Crippen molar-refractivity contribution < 1.29 is 4.79 Å². The number of thioether (sulfide) groups is 1. The van der Waals surface area contributed by atoms with Gasteiger partial charge in [-0.25, -0.2) is 5.43 Å². The number of carbonyl (C=O) groups excluding carboxylic acids is 1. The van der Waals surface area contributed by atoms with Gasteiger partial charge in [0.05, 0.1) is 12.0 Å². The molecule has 0 heterocycles. The second-order valence-electron chi connectivity index (χ2n) is 4.46. The van der Waals surface area contributed by atoms with E-state index >= 15 is 0 Å². The molecule has 0 aliphatic rings. The predicted octanol–water partition coefficient (Wildman–Crippen LogP) is 4.60. The highest BCUT2D eigenvalue weighted by Crippen LogP contribution is 2.15. The molecule has 0 radical (unpaired) electrons. The van der Waals surface area contributed by atoms with Crippen LogP contribution in [0.2, 0.25) is 0 Å². The van der Waals surface area contributed by atoms with Gasteiger partial charge in [0.2, 0.25) is 5.91 Å². The van der Waals surface area contributed by atoms with Crippen molar-refractivity contribution >= 4 is 55.7 Å². The van der Waals surface area contributed by atoms with E-state index in [-0.39, 0.29) is 5.91 Å². The van der Waals surface area contributed by atoms with E-state index < -0.39 is 0 Å². The number of halogens is 2. The van der Waals surface area contributed by atoms with Gasteiger partial charge in [0.25, 0.3) is 0 Å². The summed E-state index contributed by atoms with van der Waals surface area (Å²) in [5.41, 5.74) is 4.66. The number of carbonyl (C=O) groups is 1. The Hall–Kier alpha value is -1.11. The zero-order valence-corrected chi connectivity index (χ0v) is 15.6. The van der Waals surface area contributed by atoms with Crippen LogP contribution < -0.4 is 5.43 Å². The smallest absolute Gasteiger partial charge is 0.250 e. The van der Waals surface area contributed by atoms with Gasteiger partial charge in [0.15, 0.2) is 0 Å². The standard InChI is InChI=1S/C16H14Br2N2OS/c17-14-5-1-12(2-6-14)9-19-20-16(21)11-22-10-13-3-7-15(18)8-4-13/h1-9H,10-11H2,(H,20,21)/b19-9-. The van der Waals surface area contributed by atoms with Crippen molar-refractivity contribution in [1.82, 2.24) is 5.43 Å². The van der Waals surface area contributed by atoms with E-state index in [1.807, 2.05) is 48.5 Å². The third-order valence-electron chi connectivity index (χ3n) is 2.69. The van der Waals surface area contributed by atoms with Crippen LogP contribution in [0.1, 0.15) is 11.1 Å². The van der Waals surface area contributed by atoms with Crippen molar-refractivity contribution in [2.24, 2.45) is 5.10 Å². The van der Waals surface area contributed by atoms with Gasteiger partial charge in [0, 0.05) is 14.7 Å². The van der Waals surface area contributed by atoms with E-state index in [0.29, 0.717) is 5.75 Å². The van der Waals surface area contributed by atoms with Gasteiger partial charge in [-0.05, 0) is 35.4 Å². The molecule has 0 fully saturated rings. The third kappa shape index (κ3) is 6.34. The lowest BCUT2D eigenvalue weighted by atomic mass is 10.2. The largest absolute Gasteiger partial charge is 0.272 e. The Bertz CT molecular complexity index is 642. The SMILES string of the molecule is O=C(CSCc1ccc(Br)cc1)N/N=C\c1ccc(Br)cc1. The molecule has 0 saturated heterocycles. The van der Waals surface area contributed by atoms with E-state index in [4.69, 9.17) is 0 Å². The molecule has 0 saturated carbocycles. The molecule has 2 aromatic carbocycles. The lowest BCUT2D eigenvalue weighted by Crippen LogP contribution is -2.19. The predicted molar refractivity (Wildman–Crippen MR) is 100 cm³/mol. The summed E-state index contributed by atoms with van der Waals surface area (Å²) in [6.45, 7) is 0. The van der Waals surface area contributed by atoms with Gasteiger partial charge < -0.3 is 0 Å². The Balaban J connectivity index is 1.69. The van der Waals surface area contributed by atoms with Gasteiger partial charge in [-0.15, -0.1) is 11.8 Å². The van der Waals surface area contributed by atoms with E-state index in [2.05, 4.69) is 42.4 Å². The van der Waals surface area contributed by atoms with Crippen molar-refractivity contribution in [3.63, 3.8) is 0 Å². The summed E-state index contributed by atoms with van der Waals surface area (Å²) in [5.74, 6) is 1.08. The maximum absolute atomic E-state index is 11.7.